The van der Waals surface area contributed by atoms with E-state index in [0.717, 1.165) is 17.7 Å². The predicted molar refractivity (Wildman–Crippen MR) is 114 cm³/mol. The van der Waals surface area contributed by atoms with Crippen molar-refractivity contribution >= 4 is 46.6 Å². The predicted octanol–water partition coefficient (Wildman–Crippen LogP) is 5.77. The third kappa shape index (κ3) is 4.66. The van der Waals surface area contributed by atoms with Gasteiger partial charge in [-0.2, -0.15) is 18.2 Å². The number of rotatable bonds is 3. The molecule has 0 bridgehead atoms. The van der Waals surface area contributed by atoms with Crippen LogP contribution in [0.5, 0.6) is 11.6 Å². The topological polar surface area (TPSA) is 93.4 Å². The van der Waals surface area contributed by atoms with Gasteiger partial charge in [0.2, 0.25) is 11.8 Å². The summed E-state index contributed by atoms with van der Waals surface area (Å²) in [6.45, 7) is 0.344. The molecule has 2 aromatic carbocycles. The normalized spacial score (nSPS) is 13.1. The largest absolute Gasteiger partial charge is 0.439 e. The Labute approximate surface area is 189 Å². The lowest BCUT2D eigenvalue weighted by Crippen LogP contribution is -2.33. The van der Waals surface area contributed by atoms with E-state index < -0.39 is 22.8 Å². The molecule has 0 spiro atoms. The molecule has 0 saturated heterocycles. The van der Waals surface area contributed by atoms with Gasteiger partial charge in [-0.05, 0) is 48.4 Å². The number of aromatic nitrogens is 2. The summed E-state index contributed by atoms with van der Waals surface area (Å²) in [5, 5.41) is 2.17. The smallest absolute Gasteiger partial charge is 0.417 e. The molecular formula is C20H14Cl2F3N5O2. The number of nitrogens with zero attached hydrogens (tertiary/aromatic N) is 3. The van der Waals surface area contributed by atoms with E-state index in [1.165, 1.54) is 17.0 Å². The van der Waals surface area contributed by atoms with Crippen molar-refractivity contribution in [3.8, 4) is 11.6 Å². The van der Waals surface area contributed by atoms with Gasteiger partial charge in [0.25, 0.3) is 0 Å². The molecule has 0 saturated carbocycles. The number of carbonyl (C=O) groups excluding carboxylic acids is 1. The summed E-state index contributed by atoms with van der Waals surface area (Å²) < 4.78 is 44.8. The quantitative estimate of drug-likeness (QED) is 0.461. The summed E-state index contributed by atoms with van der Waals surface area (Å²) >= 11 is 11.5. The SMILES string of the molecule is Nc1nc(Cl)cc(Oc2ccc3c(c2)CCN3C(=O)Nc2ccc(Cl)c(C(F)(F)F)c2)n1. The van der Waals surface area contributed by atoms with Gasteiger partial charge in [0.05, 0.1) is 10.6 Å². The Bertz CT molecular complexity index is 1190. The Balaban J connectivity index is 1.50. The molecule has 0 fully saturated rings. The van der Waals surface area contributed by atoms with Gasteiger partial charge in [-0.25, -0.2) is 9.78 Å². The van der Waals surface area contributed by atoms with Crippen molar-refractivity contribution in [2.24, 2.45) is 0 Å². The molecule has 32 heavy (non-hydrogen) atoms. The highest BCUT2D eigenvalue weighted by Crippen LogP contribution is 2.37. The van der Waals surface area contributed by atoms with Crippen molar-refractivity contribution in [1.82, 2.24) is 9.97 Å². The average molecular weight is 484 g/mol. The Morgan fingerprint density at radius 2 is 1.91 bits per heavy atom. The molecule has 166 valence electrons. The van der Waals surface area contributed by atoms with Gasteiger partial charge in [0.1, 0.15) is 10.9 Å². The van der Waals surface area contributed by atoms with Crippen LogP contribution in [0.3, 0.4) is 0 Å². The number of alkyl halides is 3. The number of amides is 2. The van der Waals surface area contributed by atoms with Crippen LogP contribution in [0.1, 0.15) is 11.1 Å². The Hall–Kier alpha value is -3.24. The van der Waals surface area contributed by atoms with Gasteiger partial charge in [-0.3, -0.25) is 4.90 Å². The second kappa shape index (κ2) is 8.36. The van der Waals surface area contributed by atoms with Crippen molar-refractivity contribution < 1.29 is 22.7 Å². The maximum Gasteiger partial charge on any atom is 0.417 e. The van der Waals surface area contributed by atoms with E-state index in [4.69, 9.17) is 33.7 Å². The van der Waals surface area contributed by atoms with E-state index >= 15 is 0 Å². The first-order valence-electron chi connectivity index (χ1n) is 9.16. The number of fused-ring (bicyclic) bond motifs is 1. The molecule has 1 aromatic heterocycles. The molecule has 2 amide bonds. The van der Waals surface area contributed by atoms with Crippen molar-refractivity contribution in [3.63, 3.8) is 0 Å². The lowest BCUT2D eigenvalue weighted by molar-refractivity contribution is -0.137. The van der Waals surface area contributed by atoms with Crippen LogP contribution in [0, 0.1) is 0 Å². The molecule has 4 rings (SSSR count). The van der Waals surface area contributed by atoms with Crippen molar-refractivity contribution in [3.05, 3.63) is 63.8 Å². The number of nitrogen functional groups attached to an aromatic ring is 1. The molecule has 0 atom stereocenters. The Morgan fingerprint density at radius 3 is 2.62 bits per heavy atom. The second-order valence-electron chi connectivity index (χ2n) is 6.80. The number of ether oxygens (including phenoxy) is 1. The minimum atomic E-state index is -4.63. The monoisotopic (exact) mass is 483 g/mol. The van der Waals surface area contributed by atoms with E-state index in [2.05, 4.69) is 15.3 Å². The van der Waals surface area contributed by atoms with Crippen LogP contribution < -0.4 is 20.7 Å². The van der Waals surface area contributed by atoms with Crippen molar-refractivity contribution in [2.75, 3.05) is 22.5 Å². The van der Waals surface area contributed by atoms with E-state index in [1.54, 1.807) is 18.2 Å². The minimum Gasteiger partial charge on any atom is -0.439 e. The maximum absolute atomic E-state index is 13.1. The number of anilines is 3. The highest BCUT2D eigenvalue weighted by atomic mass is 35.5. The molecule has 7 nitrogen and oxygen atoms in total. The van der Waals surface area contributed by atoms with Gasteiger partial charge < -0.3 is 15.8 Å². The molecule has 3 N–H and O–H groups in total. The lowest BCUT2D eigenvalue weighted by Gasteiger charge is -2.19. The van der Waals surface area contributed by atoms with Crippen molar-refractivity contribution in [2.45, 2.75) is 12.6 Å². The summed E-state index contributed by atoms with van der Waals surface area (Å²) in [6.07, 6.45) is -4.10. The zero-order valence-electron chi connectivity index (χ0n) is 16.1. The summed E-state index contributed by atoms with van der Waals surface area (Å²) in [4.78, 5) is 21.8. The number of nitrogens with two attached hydrogens (primary N) is 1. The molecule has 0 unspecified atom stereocenters. The minimum absolute atomic E-state index is 0.0154. The fourth-order valence-corrected chi connectivity index (χ4v) is 3.66. The number of hydrogen-bond donors (Lipinski definition) is 2. The zero-order chi connectivity index (χ0) is 23.0. The third-order valence-corrected chi connectivity index (χ3v) is 5.15. The highest BCUT2D eigenvalue weighted by Gasteiger charge is 2.34. The van der Waals surface area contributed by atoms with E-state index in [1.807, 2.05) is 0 Å². The number of benzene rings is 2. The molecule has 1 aliphatic rings. The number of carbonyl (C=O) groups is 1. The number of urea groups is 1. The summed E-state index contributed by atoms with van der Waals surface area (Å²) in [6, 6.07) is 9.07. The molecule has 1 aliphatic heterocycles. The average Bonchev–Trinajstić information content (AvgIpc) is 3.11. The summed E-state index contributed by atoms with van der Waals surface area (Å²) in [5.41, 5.74) is 5.94. The first kappa shape index (κ1) is 22.0. The van der Waals surface area contributed by atoms with Gasteiger partial charge >= 0.3 is 12.2 Å². The second-order valence-corrected chi connectivity index (χ2v) is 7.60. The number of halogens is 5. The molecular weight excluding hydrogens is 470 g/mol. The van der Waals surface area contributed by atoms with Crippen LogP contribution >= 0.6 is 23.2 Å². The fraction of sp³-hybridized carbons (Fsp3) is 0.150. The first-order valence-corrected chi connectivity index (χ1v) is 9.92. The van der Waals surface area contributed by atoms with Gasteiger partial charge in [-0.15, -0.1) is 0 Å². The molecule has 0 radical (unpaired) electrons. The van der Waals surface area contributed by atoms with Crippen LogP contribution in [-0.2, 0) is 12.6 Å². The van der Waals surface area contributed by atoms with Crippen LogP contribution in [0.4, 0.5) is 35.3 Å². The van der Waals surface area contributed by atoms with Crippen LogP contribution in [0.25, 0.3) is 0 Å². The van der Waals surface area contributed by atoms with Crippen molar-refractivity contribution in [1.29, 1.82) is 0 Å². The lowest BCUT2D eigenvalue weighted by atomic mass is 10.1. The Kier molecular flexibility index (Phi) is 5.74. The van der Waals surface area contributed by atoms with Crippen LogP contribution in [0.2, 0.25) is 10.2 Å². The highest BCUT2D eigenvalue weighted by molar-refractivity contribution is 6.31. The Morgan fingerprint density at radius 1 is 1.12 bits per heavy atom. The zero-order valence-corrected chi connectivity index (χ0v) is 17.6. The fourth-order valence-electron chi connectivity index (χ4n) is 3.25. The third-order valence-electron chi connectivity index (χ3n) is 4.63. The van der Waals surface area contributed by atoms with E-state index in [-0.39, 0.29) is 22.7 Å². The van der Waals surface area contributed by atoms with Crippen LogP contribution in [-0.4, -0.2) is 22.5 Å². The molecule has 12 heteroatoms. The van der Waals surface area contributed by atoms with Gasteiger partial charge in [0.15, 0.2) is 0 Å². The molecule has 0 aliphatic carbocycles. The summed E-state index contributed by atoms with van der Waals surface area (Å²) in [7, 11) is 0. The van der Waals surface area contributed by atoms with E-state index in [9.17, 15) is 18.0 Å². The molecule has 2 heterocycles. The summed E-state index contributed by atoms with van der Waals surface area (Å²) in [5.74, 6) is 0.582. The number of nitrogens with one attached hydrogen (secondary N) is 1. The first-order chi connectivity index (χ1) is 15.1. The standard InChI is InChI=1S/C20H14Cl2F3N5O2/c21-14-3-1-11(8-13(14)20(23,24)25)27-19(31)30-6-5-10-7-12(2-4-15(10)30)32-17-9-16(22)28-18(26)29-17/h1-4,7-9H,5-6H2,(H,27,31)(H2,26,28,29). The van der Waals surface area contributed by atoms with Gasteiger partial charge in [-0.1, -0.05) is 23.2 Å². The molecule has 3 aromatic rings. The maximum atomic E-state index is 13.1. The van der Waals surface area contributed by atoms with Crippen LogP contribution in [0.15, 0.2) is 42.5 Å². The number of hydrogen-bond acceptors (Lipinski definition) is 5. The van der Waals surface area contributed by atoms with E-state index in [0.29, 0.717) is 24.4 Å². The van der Waals surface area contributed by atoms with Gasteiger partial charge in [0, 0.05) is 24.0 Å².